The molecule has 0 saturated carbocycles. The molecule has 1 atom stereocenters. The van der Waals surface area contributed by atoms with Gasteiger partial charge in [-0.15, -0.1) is 24.0 Å². The molecule has 7 heteroatoms. The van der Waals surface area contributed by atoms with E-state index in [1.54, 1.807) is 11.3 Å². The molecule has 1 saturated heterocycles. The van der Waals surface area contributed by atoms with Crippen LogP contribution in [-0.4, -0.2) is 49.0 Å². The number of hydrogen-bond donors (Lipinski definition) is 2. The molecule has 1 aliphatic heterocycles. The summed E-state index contributed by atoms with van der Waals surface area (Å²) in [4.78, 5) is 18.3. The number of rotatable bonds is 6. The van der Waals surface area contributed by atoms with Crippen LogP contribution in [0.5, 0.6) is 0 Å². The number of guanidine groups is 1. The number of hydrogen-bond acceptors (Lipinski definition) is 3. The Morgan fingerprint density at radius 1 is 1.48 bits per heavy atom. The van der Waals surface area contributed by atoms with Crippen LogP contribution in [0.4, 0.5) is 0 Å². The minimum atomic E-state index is 0. The van der Waals surface area contributed by atoms with E-state index < -0.39 is 0 Å². The first-order valence-electron chi connectivity index (χ1n) is 8.06. The molecule has 130 valence electrons. The molecule has 23 heavy (non-hydrogen) atoms. The second-order valence-corrected chi connectivity index (χ2v) is 6.25. The lowest BCUT2D eigenvalue weighted by Crippen LogP contribution is -2.45. The van der Waals surface area contributed by atoms with E-state index in [-0.39, 0.29) is 29.9 Å². The van der Waals surface area contributed by atoms with Crippen molar-refractivity contribution in [1.82, 2.24) is 15.5 Å². The first kappa shape index (κ1) is 20.2. The van der Waals surface area contributed by atoms with E-state index in [4.69, 9.17) is 0 Å². The molecule has 0 aliphatic carbocycles. The molecular formula is C16H27IN4OS. The van der Waals surface area contributed by atoms with Gasteiger partial charge in [-0.1, -0.05) is 6.92 Å². The molecule has 0 bridgehead atoms. The summed E-state index contributed by atoms with van der Waals surface area (Å²) in [7, 11) is 0. The van der Waals surface area contributed by atoms with Crippen molar-refractivity contribution in [3.63, 3.8) is 0 Å². The normalized spacial score (nSPS) is 17.7. The van der Waals surface area contributed by atoms with Gasteiger partial charge < -0.3 is 15.5 Å². The third-order valence-electron chi connectivity index (χ3n) is 3.78. The summed E-state index contributed by atoms with van der Waals surface area (Å²) < 4.78 is 0. The summed E-state index contributed by atoms with van der Waals surface area (Å²) in [5.41, 5.74) is 1.34. The minimum absolute atomic E-state index is 0. The quantitative estimate of drug-likeness (QED) is 0.398. The van der Waals surface area contributed by atoms with Crippen molar-refractivity contribution in [2.24, 2.45) is 4.99 Å². The first-order valence-corrected chi connectivity index (χ1v) is 9.00. The minimum Gasteiger partial charge on any atom is -0.357 e. The summed E-state index contributed by atoms with van der Waals surface area (Å²) in [5, 5.41) is 11.0. The van der Waals surface area contributed by atoms with Crippen LogP contribution in [0, 0.1) is 0 Å². The van der Waals surface area contributed by atoms with Crippen LogP contribution in [0.2, 0.25) is 0 Å². The maximum absolute atomic E-state index is 11.7. The molecule has 0 aromatic carbocycles. The average Bonchev–Trinajstić information content (AvgIpc) is 3.18. The Labute approximate surface area is 160 Å². The first-order chi connectivity index (χ1) is 10.7. The van der Waals surface area contributed by atoms with E-state index in [1.807, 2.05) is 11.8 Å². The van der Waals surface area contributed by atoms with Gasteiger partial charge in [0.2, 0.25) is 5.91 Å². The molecule has 1 aromatic rings. The predicted molar refractivity (Wildman–Crippen MR) is 108 cm³/mol. The molecular weight excluding hydrogens is 423 g/mol. The molecule has 0 radical (unpaired) electrons. The third kappa shape index (κ3) is 6.66. The number of likely N-dealkylation sites (tertiary alicyclic amines) is 1. The van der Waals surface area contributed by atoms with Gasteiger partial charge in [0.05, 0.1) is 0 Å². The number of amides is 1. The number of carbonyl (C=O) groups excluding carboxylic acids is 1. The number of thiophene rings is 1. The van der Waals surface area contributed by atoms with Crippen LogP contribution in [0.3, 0.4) is 0 Å². The maximum Gasteiger partial charge on any atom is 0.222 e. The SMILES string of the molecule is CCNC(=NCCc1ccsc1)NC1CCN(C(=O)CC)C1.I. The van der Waals surface area contributed by atoms with Gasteiger partial charge >= 0.3 is 0 Å². The highest BCUT2D eigenvalue weighted by molar-refractivity contribution is 14.0. The molecule has 1 fully saturated rings. The number of nitrogens with zero attached hydrogens (tertiary/aromatic N) is 2. The number of halogens is 1. The maximum atomic E-state index is 11.7. The molecule has 1 aromatic heterocycles. The standard InChI is InChI=1S/C16H26N4OS.HI/c1-3-15(21)20-9-6-14(11-20)19-16(17-4-2)18-8-5-13-7-10-22-12-13;/h7,10,12,14H,3-6,8-9,11H2,1-2H3,(H2,17,18,19);1H. The van der Waals surface area contributed by atoms with E-state index >= 15 is 0 Å². The molecule has 1 aliphatic rings. The van der Waals surface area contributed by atoms with Gasteiger partial charge in [-0.05, 0) is 42.2 Å². The molecule has 1 amide bonds. The fraction of sp³-hybridized carbons (Fsp3) is 0.625. The average molecular weight is 450 g/mol. The summed E-state index contributed by atoms with van der Waals surface area (Å²) in [6.45, 7) is 7.22. The van der Waals surface area contributed by atoms with E-state index in [0.29, 0.717) is 12.5 Å². The van der Waals surface area contributed by atoms with E-state index in [2.05, 4.69) is 39.4 Å². The zero-order valence-corrected chi connectivity index (χ0v) is 17.0. The molecule has 2 N–H and O–H groups in total. The van der Waals surface area contributed by atoms with Gasteiger partial charge in [0.1, 0.15) is 0 Å². The molecule has 0 spiro atoms. The Morgan fingerprint density at radius 3 is 2.96 bits per heavy atom. The van der Waals surface area contributed by atoms with Crippen LogP contribution < -0.4 is 10.6 Å². The molecule has 5 nitrogen and oxygen atoms in total. The van der Waals surface area contributed by atoms with Crippen LogP contribution >= 0.6 is 35.3 Å². The highest BCUT2D eigenvalue weighted by Crippen LogP contribution is 2.10. The van der Waals surface area contributed by atoms with Crippen molar-refractivity contribution in [3.05, 3.63) is 22.4 Å². The second-order valence-electron chi connectivity index (χ2n) is 5.47. The lowest BCUT2D eigenvalue weighted by Gasteiger charge is -2.18. The van der Waals surface area contributed by atoms with Crippen molar-refractivity contribution < 1.29 is 4.79 Å². The second kappa shape index (κ2) is 10.9. The Balaban J connectivity index is 0.00000264. The largest absolute Gasteiger partial charge is 0.357 e. The number of carbonyl (C=O) groups is 1. The molecule has 1 unspecified atom stereocenters. The van der Waals surface area contributed by atoms with Crippen LogP contribution in [0.15, 0.2) is 21.8 Å². The van der Waals surface area contributed by atoms with Gasteiger partial charge in [0, 0.05) is 38.6 Å². The molecule has 2 rings (SSSR count). The van der Waals surface area contributed by atoms with Crippen molar-refractivity contribution in [1.29, 1.82) is 0 Å². The lowest BCUT2D eigenvalue weighted by atomic mass is 10.2. The monoisotopic (exact) mass is 450 g/mol. The fourth-order valence-electron chi connectivity index (χ4n) is 2.57. The number of nitrogens with one attached hydrogen (secondary N) is 2. The highest BCUT2D eigenvalue weighted by atomic mass is 127. The lowest BCUT2D eigenvalue weighted by molar-refractivity contribution is -0.129. The zero-order chi connectivity index (χ0) is 15.8. The Morgan fingerprint density at radius 2 is 2.30 bits per heavy atom. The van der Waals surface area contributed by atoms with Gasteiger partial charge in [-0.3, -0.25) is 9.79 Å². The smallest absolute Gasteiger partial charge is 0.222 e. The van der Waals surface area contributed by atoms with E-state index in [1.165, 1.54) is 5.56 Å². The van der Waals surface area contributed by atoms with Gasteiger partial charge in [-0.2, -0.15) is 11.3 Å². The predicted octanol–water partition coefficient (Wildman–Crippen LogP) is 2.47. The Bertz CT molecular complexity index is 492. The van der Waals surface area contributed by atoms with Crippen molar-refractivity contribution in [2.45, 2.75) is 39.2 Å². The summed E-state index contributed by atoms with van der Waals surface area (Å²) in [5.74, 6) is 1.09. The Hall–Kier alpha value is -0.830. The van der Waals surface area contributed by atoms with E-state index in [0.717, 1.165) is 45.0 Å². The zero-order valence-electron chi connectivity index (χ0n) is 13.9. The van der Waals surface area contributed by atoms with Crippen LogP contribution in [0.1, 0.15) is 32.3 Å². The van der Waals surface area contributed by atoms with Crippen molar-refractivity contribution in [3.8, 4) is 0 Å². The van der Waals surface area contributed by atoms with Crippen molar-refractivity contribution >= 4 is 47.2 Å². The van der Waals surface area contributed by atoms with Crippen LogP contribution in [0.25, 0.3) is 0 Å². The highest BCUT2D eigenvalue weighted by Gasteiger charge is 2.25. The topological polar surface area (TPSA) is 56.7 Å². The fourth-order valence-corrected chi connectivity index (χ4v) is 3.28. The van der Waals surface area contributed by atoms with Gasteiger partial charge in [0.15, 0.2) is 5.96 Å². The number of aliphatic imine (C=N–C) groups is 1. The molecule has 2 heterocycles. The Kier molecular flexibility index (Phi) is 9.54. The van der Waals surface area contributed by atoms with Crippen LogP contribution in [-0.2, 0) is 11.2 Å². The third-order valence-corrected chi connectivity index (χ3v) is 4.51. The van der Waals surface area contributed by atoms with Crippen molar-refractivity contribution in [2.75, 3.05) is 26.2 Å². The van der Waals surface area contributed by atoms with E-state index in [9.17, 15) is 4.79 Å². The summed E-state index contributed by atoms with van der Waals surface area (Å²) in [6, 6.07) is 2.45. The van der Waals surface area contributed by atoms with Gasteiger partial charge in [-0.25, -0.2) is 0 Å². The summed E-state index contributed by atoms with van der Waals surface area (Å²) >= 11 is 1.72. The summed E-state index contributed by atoms with van der Waals surface area (Å²) in [6.07, 6.45) is 2.54. The van der Waals surface area contributed by atoms with Gasteiger partial charge in [0.25, 0.3) is 0 Å².